The van der Waals surface area contributed by atoms with Gasteiger partial charge in [-0.3, -0.25) is 19.6 Å². The standard InChI is InChI=1S/C27H34N6O6S.CH4O3S/c1-27(2,3)23-15-24(32-39-23)31-26(35)30-19-7-5-18(6-8-19)29-25(34)22-10-9-20(16-28-22)38-21-11-12-33(17-21)13-14-40(4,36)37;1-5(2,3)4/h5-10,15-16,21H,11-14,17H2,1-4H3,(H,29,34)(H2,30,31,32,35);1H3,(H,2,3,4). The number of carbonyl (C=O) groups excluding carboxylic acids is 2. The van der Waals surface area contributed by atoms with Crippen molar-refractivity contribution >= 4 is 49.1 Å². The largest absolute Gasteiger partial charge is 0.487 e. The third kappa shape index (κ3) is 13.2. The molecule has 45 heavy (non-hydrogen) atoms. The number of aromatic nitrogens is 2. The summed E-state index contributed by atoms with van der Waals surface area (Å²) in [4.78, 5) is 31.2. The minimum atomic E-state index is -3.67. The molecule has 4 rings (SSSR count). The number of benzene rings is 1. The summed E-state index contributed by atoms with van der Waals surface area (Å²) >= 11 is 0. The lowest BCUT2D eigenvalue weighted by Crippen LogP contribution is -2.29. The molecule has 1 saturated heterocycles. The zero-order valence-electron chi connectivity index (χ0n) is 25.6. The summed E-state index contributed by atoms with van der Waals surface area (Å²) in [6.45, 7) is 7.85. The number of urea groups is 1. The fraction of sp³-hybridized carbons (Fsp3) is 0.429. The van der Waals surface area contributed by atoms with E-state index in [2.05, 4.69) is 31.0 Å². The molecule has 1 aliphatic rings. The molecular formula is C28H38N6O9S2. The molecule has 2 aromatic heterocycles. The first-order chi connectivity index (χ1) is 20.8. The maximum atomic E-state index is 12.6. The second kappa shape index (κ2) is 14.8. The minimum absolute atomic E-state index is 0.0628. The topological polar surface area (TPSA) is 210 Å². The van der Waals surface area contributed by atoms with Gasteiger partial charge in [-0.2, -0.15) is 8.42 Å². The van der Waals surface area contributed by atoms with E-state index in [0.717, 1.165) is 13.0 Å². The third-order valence-corrected chi connectivity index (χ3v) is 7.09. The number of pyridine rings is 1. The van der Waals surface area contributed by atoms with Crippen LogP contribution in [0.4, 0.5) is 22.0 Å². The van der Waals surface area contributed by atoms with Crippen LogP contribution < -0.4 is 20.7 Å². The summed E-state index contributed by atoms with van der Waals surface area (Å²) in [6, 6.07) is 11.1. The number of nitrogens with one attached hydrogen (secondary N) is 3. The molecular weight excluding hydrogens is 628 g/mol. The Hall–Kier alpha value is -4.06. The first-order valence-electron chi connectivity index (χ1n) is 13.8. The number of likely N-dealkylation sites (tertiary alicyclic amines) is 1. The van der Waals surface area contributed by atoms with Crippen molar-refractivity contribution in [2.24, 2.45) is 0 Å². The van der Waals surface area contributed by atoms with E-state index in [-0.39, 0.29) is 23.0 Å². The molecule has 1 fully saturated rings. The number of anilines is 3. The molecule has 0 aliphatic carbocycles. The van der Waals surface area contributed by atoms with Gasteiger partial charge in [0.1, 0.15) is 33.1 Å². The van der Waals surface area contributed by atoms with Crippen LogP contribution in [0.15, 0.2) is 53.2 Å². The van der Waals surface area contributed by atoms with E-state index < -0.39 is 31.9 Å². The highest BCUT2D eigenvalue weighted by Crippen LogP contribution is 2.24. The van der Waals surface area contributed by atoms with Crippen molar-refractivity contribution in [2.75, 3.05) is 53.8 Å². The van der Waals surface area contributed by atoms with Gasteiger partial charge in [0.2, 0.25) is 0 Å². The minimum Gasteiger partial charge on any atom is -0.487 e. The van der Waals surface area contributed by atoms with E-state index >= 15 is 0 Å². The highest BCUT2D eigenvalue weighted by atomic mass is 32.2. The number of hydrogen-bond donors (Lipinski definition) is 4. The van der Waals surface area contributed by atoms with Crippen LogP contribution in [0.5, 0.6) is 5.75 Å². The van der Waals surface area contributed by atoms with Crippen LogP contribution in [-0.4, -0.2) is 92.4 Å². The van der Waals surface area contributed by atoms with Crippen molar-refractivity contribution in [3.8, 4) is 5.75 Å². The number of ether oxygens (including phenoxy) is 1. The maximum Gasteiger partial charge on any atom is 0.324 e. The number of amides is 3. The van der Waals surface area contributed by atoms with Crippen LogP contribution in [0.1, 0.15) is 43.4 Å². The zero-order chi connectivity index (χ0) is 33.4. The molecule has 3 heterocycles. The predicted molar refractivity (Wildman–Crippen MR) is 169 cm³/mol. The van der Waals surface area contributed by atoms with Crippen LogP contribution in [0, 0.1) is 0 Å². The van der Waals surface area contributed by atoms with Gasteiger partial charge in [0.05, 0.1) is 18.2 Å². The Bertz CT molecular complexity index is 1660. The zero-order valence-corrected chi connectivity index (χ0v) is 27.2. The Morgan fingerprint density at radius 1 is 1.02 bits per heavy atom. The molecule has 1 aliphatic heterocycles. The van der Waals surface area contributed by atoms with Crippen LogP contribution in [-0.2, 0) is 25.4 Å². The van der Waals surface area contributed by atoms with Crippen molar-refractivity contribution in [3.63, 3.8) is 0 Å². The number of nitrogens with zero attached hydrogens (tertiary/aromatic N) is 3. The maximum absolute atomic E-state index is 12.6. The Balaban J connectivity index is 0.00000102. The lowest BCUT2D eigenvalue weighted by atomic mass is 9.93. The predicted octanol–water partition coefficient (Wildman–Crippen LogP) is 3.27. The SMILES string of the molecule is CC(C)(C)c1cc(NC(=O)Nc2ccc(NC(=O)c3ccc(OC4CCN(CCS(C)(=O)=O)C4)cn3)cc2)no1.CS(=O)(=O)O. The van der Waals surface area contributed by atoms with Gasteiger partial charge in [-0.05, 0) is 42.8 Å². The Morgan fingerprint density at radius 2 is 1.64 bits per heavy atom. The second-order valence-corrected chi connectivity index (χ2v) is 15.2. The quantitative estimate of drug-likeness (QED) is 0.243. The highest BCUT2D eigenvalue weighted by molar-refractivity contribution is 7.90. The van der Waals surface area contributed by atoms with E-state index in [1.54, 1.807) is 42.5 Å². The number of sulfone groups is 1. The summed E-state index contributed by atoms with van der Waals surface area (Å²) in [5, 5.41) is 12.0. The molecule has 15 nitrogen and oxygen atoms in total. The van der Waals surface area contributed by atoms with E-state index in [1.165, 1.54) is 12.5 Å². The molecule has 0 radical (unpaired) electrons. The lowest BCUT2D eigenvalue weighted by molar-refractivity contribution is 0.102. The molecule has 246 valence electrons. The van der Waals surface area contributed by atoms with Crippen LogP contribution >= 0.6 is 0 Å². The van der Waals surface area contributed by atoms with E-state index in [1.807, 2.05) is 20.8 Å². The molecule has 17 heteroatoms. The summed E-state index contributed by atoms with van der Waals surface area (Å²) < 4.78 is 59.8. The van der Waals surface area contributed by atoms with Gasteiger partial charge in [0.25, 0.3) is 16.0 Å². The van der Waals surface area contributed by atoms with E-state index in [0.29, 0.717) is 48.0 Å². The molecule has 1 aromatic carbocycles. The summed E-state index contributed by atoms with van der Waals surface area (Å²) in [5.41, 5.74) is 1.05. The first-order valence-corrected chi connectivity index (χ1v) is 17.7. The van der Waals surface area contributed by atoms with Gasteiger partial charge in [0, 0.05) is 48.7 Å². The average molecular weight is 667 g/mol. The molecule has 0 saturated carbocycles. The number of rotatable bonds is 9. The summed E-state index contributed by atoms with van der Waals surface area (Å²) in [5.74, 6) is 1.25. The molecule has 0 bridgehead atoms. The molecule has 3 aromatic rings. The molecule has 4 N–H and O–H groups in total. The van der Waals surface area contributed by atoms with Crippen LogP contribution in [0.2, 0.25) is 0 Å². The summed E-state index contributed by atoms with van der Waals surface area (Å²) in [7, 11) is -6.67. The fourth-order valence-electron chi connectivity index (χ4n) is 3.97. The van der Waals surface area contributed by atoms with E-state index in [4.69, 9.17) is 13.8 Å². The molecule has 1 unspecified atom stereocenters. The third-order valence-electron chi connectivity index (χ3n) is 6.17. The smallest absolute Gasteiger partial charge is 0.324 e. The molecule has 3 amide bonds. The van der Waals surface area contributed by atoms with Gasteiger partial charge < -0.3 is 19.9 Å². The molecule has 0 spiro atoms. The fourth-order valence-corrected chi connectivity index (χ4v) is 4.56. The van der Waals surface area contributed by atoms with Gasteiger partial charge in [-0.1, -0.05) is 25.9 Å². The average Bonchev–Trinajstić information content (AvgIpc) is 3.57. The summed E-state index contributed by atoms with van der Waals surface area (Å²) in [6.07, 6.45) is 4.17. The highest BCUT2D eigenvalue weighted by Gasteiger charge is 2.25. The lowest BCUT2D eigenvalue weighted by Gasteiger charge is -2.16. The Kier molecular flexibility index (Phi) is 11.7. The van der Waals surface area contributed by atoms with Gasteiger partial charge in [-0.25, -0.2) is 18.2 Å². The molecule has 1 atom stereocenters. The normalized spacial score (nSPS) is 15.5. The Morgan fingerprint density at radius 3 is 2.18 bits per heavy atom. The van der Waals surface area contributed by atoms with Crippen molar-refractivity contribution in [1.29, 1.82) is 0 Å². The van der Waals surface area contributed by atoms with E-state index in [9.17, 15) is 26.4 Å². The van der Waals surface area contributed by atoms with Crippen molar-refractivity contribution in [2.45, 2.75) is 38.7 Å². The van der Waals surface area contributed by atoms with Crippen LogP contribution in [0.3, 0.4) is 0 Å². The monoisotopic (exact) mass is 666 g/mol. The second-order valence-electron chi connectivity index (χ2n) is 11.5. The first kappa shape index (κ1) is 35.4. The number of hydrogen-bond acceptors (Lipinski definition) is 11. The van der Waals surface area contributed by atoms with Crippen molar-refractivity contribution in [3.05, 3.63) is 60.1 Å². The van der Waals surface area contributed by atoms with Crippen LogP contribution in [0.25, 0.3) is 0 Å². The van der Waals surface area contributed by atoms with Gasteiger partial charge >= 0.3 is 6.03 Å². The Labute approximate surface area is 262 Å². The van der Waals surface area contributed by atoms with Crippen molar-refractivity contribution < 1.29 is 40.2 Å². The number of carbonyl (C=O) groups is 2. The van der Waals surface area contributed by atoms with Gasteiger partial charge in [0.15, 0.2) is 5.82 Å². The van der Waals surface area contributed by atoms with Crippen molar-refractivity contribution in [1.82, 2.24) is 15.0 Å². The van der Waals surface area contributed by atoms with Gasteiger partial charge in [-0.15, -0.1) is 0 Å².